The molecule has 2 rings (SSSR count). The Labute approximate surface area is 133 Å². The van der Waals surface area contributed by atoms with Crippen LogP contribution in [0.4, 0.5) is 0 Å². The molecule has 1 amide bonds. The molecule has 1 unspecified atom stereocenters. The summed E-state index contributed by atoms with van der Waals surface area (Å²) in [6, 6.07) is 0.496. The molecule has 0 aromatic carbocycles. The minimum Gasteiger partial charge on any atom is -0.381 e. The van der Waals surface area contributed by atoms with Gasteiger partial charge in [0.25, 0.3) is 0 Å². The van der Waals surface area contributed by atoms with Gasteiger partial charge in [-0.05, 0) is 19.3 Å². The lowest BCUT2D eigenvalue weighted by atomic mass is 10.1. The molecule has 0 spiro atoms. The van der Waals surface area contributed by atoms with Crippen LogP contribution in [0.1, 0.15) is 32.1 Å². The molecule has 0 bridgehead atoms. The maximum atomic E-state index is 11.8. The molecule has 1 aliphatic heterocycles. The molecule has 2 fully saturated rings. The first-order chi connectivity index (χ1) is 10.6. The molecule has 6 nitrogen and oxygen atoms in total. The number of hydrogen-bond donors (Lipinski definition) is 1. The lowest BCUT2D eigenvalue weighted by molar-refractivity contribution is -0.127. The van der Waals surface area contributed by atoms with Crippen LogP contribution in [0, 0.1) is 5.92 Å². The zero-order valence-corrected chi connectivity index (χ0v) is 14.2. The van der Waals surface area contributed by atoms with Crippen LogP contribution in [-0.4, -0.2) is 75.2 Å². The molecule has 2 aliphatic rings. The van der Waals surface area contributed by atoms with Gasteiger partial charge in [0.05, 0.1) is 6.61 Å². The van der Waals surface area contributed by atoms with Crippen molar-refractivity contribution in [3.05, 3.63) is 0 Å². The molecule has 1 saturated carbocycles. The van der Waals surface area contributed by atoms with Crippen molar-refractivity contribution in [2.24, 2.45) is 10.9 Å². The number of likely N-dealkylation sites (N-methyl/N-ethyl adjacent to an activating group) is 1. The largest absolute Gasteiger partial charge is 0.381 e. The summed E-state index contributed by atoms with van der Waals surface area (Å²) >= 11 is 0. The second kappa shape index (κ2) is 8.36. The van der Waals surface area contributed by atoms with E-state index in [0.717, 1.165) is 32.1 Å². The monoisotopic (exact) mass is 310 g/mol. The Hall–Kier alpha value is -1.30. The van der Waals surface area contributed by atoms with E-state index < -0.39 is 0 Å². The zero-order chi connectivity index (χ0) is 15.9. The van der Waals surface area contributed by atoms with Gasteiger partial charge in [0.1, 0.15) is 6.54 Å². The smallest absolute Gasteiger partial charge is 0.243 e. The van der Waals surface area contributed by atoms with Gasteiger partial charge in [0.15, 0.2) is 5.96 Å². The van der Waals surface area contributed by atoms with Gasteiger partial charge in [-0.3, -0.25) is 4.79 Å². The van der Waals surface area contributed by atoms with Crippen molar-refractivity contribution in [2.45, 2.75) is 38.1 Å². The lowest BCUT2D eigenvalue weighted by Crippen LogP contribution is -2.45. The van der Waals surface area contributed by atoms with Crippen molar-refractivity contribution in [2.75, 3.05) is 47.4 Å². The van der Waals surface area contributed by atoms with Crippen LogP contribution >= 0.6 is 0 Å². The van der Waals surface area contributed by atoms with Crippen LogP contribution in [0.15, 0.2) is 4.99 Å². The summed E-state index contributed by atoms with van der Waals surface area (Å²) in [7, 11) is 5.59. The third kappa shape index (κ3) is 5.16. The predicted octanol–water partition coefficient (Wildman–Crippen LogP) is 0.931. The highest BCUT2D eigenvalue weighted by Gasteiger charge is 2.22. The minimum atomic E-state index is 0.0309. The van der Waals surface area contributed by atoms with E-state index in [4.69, 9.17) is 4.74 Å². The summed E-state index contributed by atoms with van der Waals surface area (Å²) in [6.45, 7) is 2.82. The van der Waals surface area contributed by atoms with Gasteiger partial charge in [-0.15, -0.1) is 0 Å². The Kier molecular flexibility index (Phi) is 6.49. The predicted molar refractivity (Wildman–Crippen MR) is 87.9 cm³/mol. The van der Waals surface area contributed by atoms with Crippen molar-refractivity contribution in [3.8, 4) is 0 Å². The highest BCUT2D eigenvalue weighted by atomic mass is 16.5. The molecule has 126 valence electrons. The highest BCUT2D eigenvalue weighted by molar-refractivity contribution is 5.84. The molecule has 22 heavy (non-hydrogen) atoms. The minimum absolute atomic E-state index is 0.0309. The number of rotatable bonds is 5. The van der Waals surface area contributed by atoms with Crippen molar-refractivity contribution in [1.82, 2.24) is 15.1 Å². The number of amides is 1. The molecule has 1 heterocycles. The van der Waals surface area contributed by atoms with Gasteiger partial charge in [0, 0.05) is 46.3 Å². The van der Waals surface area contributed by atoms with Gasteiger partial charge in [-0.2, -0.15) is 0 Å². The van der Waals surface area contributed by atoms with Gasteiger partial charge in [0.2, 0.25) is 5.91 Å². The summed E-state index contributed by atoms with van der Waals surface area (Å²) in [4.78, 5) is 20.1. The second-order valence-corrected chi connectivity index (χ2v) is 6.66. The third-order valence-electron chi connectivity index (χ3n) is 4.47. The number of guanidine groups is 1. The number of nitrogens with zero attached hydrogens (tertiary/aromatic N) is 3. The summed E-state index contributed by atoms with van der Waals surface area (Å²) in [5, 5.41) is 3.55. The normalized spacial score (nSPS) is 22.9. The fourth-order valence-electron chi connectivity index (χ4n) is 3.01. The van der Waals surface area contributed by atoms with E-state index in [1.165, 1.54) is 25.7 Å². The van der Waals surface area contributed by atoms with E-state index in [-0.39, 0.29) is 12.5 Å². The Morgan fingerprint density at radius 3 is 2.55 bits per heavy atom. The van der Waals surface area contributed by atoms with Crippen LogP contribution in [0.2, 0.25) is 0 Å². The average Bonchev–Trinajstić information content (AvgIpc) is 3.15. The van der Waals surface area contributed by atoms with Crippen molar-refractivity contribution >= 4 is 11.9 Å². The average molecular weight is 310 g/mol. The summed E-state index contributed by atoms with van der Waals surface area (Å²) in [5.74, 6) is 1.45. The zero-order valence-electron chi connectivity index (χ0n) is 14.2. The molecule has 6 heteroatoms. The Morgan fingerprint density at radius 2 is 1.95 bits per heavy atom. The first kappa shape index (κ1) is 17.1. The molecule has 0 radical (unpaired) electrons. The second-order valence-electron chi connectivity index (χ2n) is 6.66. The summed E-state index contributed by atoms with van der Waals surface area (Å²) in [6.07, 6.45) is 6.06. The van der Waals surface area contributed by atoms with Crippen molar-refractivity contribution in [3.63, 3.8) is 0 Å². The molecular weight excluding hydrogens is 280 g/mol. The summed E-state index contributed by atoms with van der Waals surface area (Å²) < 4.78 is 5.45. The molecule has 1 N–H and O–H groups in total. The molecule has 1 saturated heterocycles. The van der Waals surface area contributed by atoms with Crippen LogP contribution in [0.5, 0.6) is 0 Å². The third-order valence-corrected chi connectivity index (χ3v) is 4.47. The maximum Gasteiger partial charge on any atom is 0.243 e. The molecular formula is C16H30N4O2. The van der Waals surface area contributed by atoms with Crippen LogP contribution in [0.3, 0.4) is 0 Å². The summed E-state index contributed by atoms with van der Waals surface area (Å²) in [5.41, 5.74) is 0. The molecule has 0 aromatic heterocycles. The number of ether oxygens (including phenoxy) is 1. The number of carbonyl (C=O) groups is 1. The SMILES string of the molecule is CN(C)C(=O)CN=C(NC1CCCC1)N(C)CC1CCOC1. The van der Waals surface area contributed by atoms with Crippen molar-refractivity contribution in [1.29, 1.82) is 0 Å². The van der Waals surface area contributed by atoms with Gasteiger partial charge in [-0.1, -0.05) is 12.8 Å². The van der Waals surface area contributed by atoms with Gasteiger partial charge >= 0.3 is 0 Å². The van der Waals surface area contributed by atoms with E-state index in [2.05, 4.69) is 22.3 Å². The first-order valence-corrected chi connectivity index (χ1v) is 8.36. The van der Waals surface area contributed by atoms with Crippen LogP contribution in [-0.2, 0) is 9.53 Å². The molecule has 1 aliphatic carbocycles. The number of nitrogens with one attached hydrogen (secondary N) is 1. The van der Waals surface area contributed by atoms with Crippen LogP contribution in [0.25, 0.3) is 0 Å². The number of carbonyl (C=O) groups excluding carboxylic acids is 1. The van der Waals surface area contributed by atoms with E-state index in [1.807, 2.05) is 0 Å². The van der Waals surface area contributed by atoms with E-state index in [9.17, 15) is 4.79 Å². The fourth-order valence-corrected chi connectivity index (χ4v) is 3.01. The quantitative estimate of drug-likeness (QED) is 0.606. The van der Waals surface area contributed by atoms with E-state index in [1.54, 1.807) is 19.0 Å². The van der Waals surface area contributed by atoms with Gasteiger partial charge < -0.3 is 19.9 Å². The first-order valence-electron chi connectivity index (χ1n) is 8.36. The standard InChI is InChI=1S/C16H30N4O2/c1-19(2)15(21)10-17-16(18-14-6-4-5-7-14)20(3)11-13-8-9-22-12-13/h13-14H,4-12H2,1-3H3,(H,17,18). The van der Waals surface area contributed by atoms with Crippen molar-refractivity contribution < 1.29 is 9.53 Å². The van der Waals surface area contributed by atoms with Gasteiger partial charge in [-0.25, -0.2) is 4.99 Å². The Bertz CT molecular complexity index is 386. The molecule has 0 aromatic rings. The number of aliphatic imine (C=N–C) groups is 1. The highest BCUT2D eigenvalue weighted by Crippen LogP contribution is 2.18. The van der Waals surface area contributed by atoms with E-state index in [0.29, 0.717) is 12.0 Å². The maximum absolute atomic E-state index is 11.8. The Balaban J connectivity index is 1.95. The fraction of sp³-hybridized carbons (Fsp3) is 0.875. The van der Waals surface area contributed by atoms with Crippen LogP contribution < -0.4 is 5.32 Å². The molecule has 1 atom stereocenters. The van der Waals surface area contributed by atoms with E-state index >= 15 is 0 Å². The lowest BCUT2D eigenvalue weighted by Gasteiger charge is -2.27. The topological polar surface area (TPSA) is 57.2 Å². The number of hydrogen-bond acceptors (Lipinski definition) is 3. The Morgan fingerprint density at radius 1 is 1.23 bits per heavy atom.